The zero-order chi connectivity index (χ0) is 13.8. The van der Waals surface area contributed by atoms with Crippen LogP contribution in [0.15, 0.2) is 30.5 Å². The minimum atomic E-state index is -0.984. The number of ether oxygens (including phenoxy) is 1. The first kappa shape index (κ1) is 13.1. The molecule has 0 unspecified atom stereocenters. The molecule has 0 aliphatic carbocycles. The fourth-order valence-corrected chi connectivity index (χ4v) is 1.81. The first-order chi connectivity index (χ1) is 9.11. The predicted octanol–water partition coefficient (Wildman–Crippen LogP) is 2.49. The fourth-order valence-electron chi connectivity index (χ4n) is 1.81. The van der Waals surface area contributed by atoms with Gasteiger partial charge < -0.3 is 9.84 Å². The summed E-state index contributed by atoms with van der Waals surface area (Å²) in [6.07, 6.45) is 1.54. The molecule has 0 aliphatic rings. The number of aryl methyl sites for hydroxylation is 2. The molecule has 5 heteroatoms. The number of benzene rings is 1. The van der Waals surface area contributed by atoms with Crippen LogP contribution < -0.4 is 4.74 Å². The molecule has 0 amide bonds. The molecule has 19 heavy (non-hydrogen) atoms. The Bertz CT molecular complexity index is 573. The standard InChI is InChI=1S/C14H16N2O3/c1-3-16-13(14(17)18)11(8-15-16)9-19-12-6-4-10(2)5-7-12/h4-8H,3,9H2,1-2H3,(H,17,18). The van der Waals surface area contributed by atoms with Crippen molar-refractivity contribution < 1.29 is 14.6 Å². The van der Waals surface area contributed by atoms with E-state index in [1.807, 2.05) is 38.1 Å². The van der Waals surface area contributed by atoms with Crippen LogP contribution >= 0.6 is 0 Å². The number of hydrogen-bond donors (Lipinski definition) is 1. The number of hydrogen-bond acceptors (Lipinski definition) is 3. The largest absolute Gasteiger partial charge is 0.489 e. The van der Waals surface area contributed by atoms with Crippen LogP contribution in [-0.4, -0.2) is 20.9 Å². The summed E-state index contributed by atoms with van der Waals surface area (Å²) < 4.78 is 7.03. The van der Waals surface area contributed by atoms with E-state index in [0.717, 1.165) is 5.56 Å². The molecule has 1 aromatic carbocycles. The molecular weight excluding hydrogens is 244 g/mol. The summed E-state index contributed by atoms with van der Waals surface area (Å²) in [6.45, 7) is 4.57. The van der Waals surface area contributed by atoms with Gasteiger partial charge in [-0.3, -0.25) is 4.68 Å². The highest BCUT2D eigenvalue weighted by atomic mass is 16.5. The molecule has 2 aromatic rings. The van der Waals surface area contributed by atoms with E-state index < -0.39 is 5.97 Å². The summed E-state index contributed by atoms with van der Waals surface area (Å²) in [5, 5.41) is 13.2. The van der Waals surface area contributed by atoms with E-state index in [1.54, 1.807) is 6.20 Å². The molecule has 0 atom stereocenters. The van der Waals surface area contributed by atoms with Gasteiger partial charge in [-0.1, -0.05) is 17.7 Å². The number of aromatic carboxylic acids is 1. The lowest BCUT2D eigenvalue weighted by Crippen LogP contribution is -2.11. The fraction of sp³-hybridized carbons (Fsp3) is 0.286. The number of carboxylic acid groups (broad SMARTS) is 1. The number of aromatic nitrogens is 2. The monoisotopic (exact) mass is 260 g/mol. The highest BCUT2D eigenvalue weighted by molar-refractivity contribution is 5.87. The third kappa shape index (κ3) is 2.93. The van der Waals surface area contributed by atoms with Gasteiger partial charge in [-0.2, -0.15) is 5.10 Å². The highest BCUT2D eigenvalue weighted by Crippen LogP contribution is 2.16. The summed E-state index contributed by atoms with van der Waals surface area (Å²) in [4.78, 5) is 11.2. The van der Waals surface area contributed by atoms with Crippen LogP contribution in [0.5, 0.6) is 5.75 Å². The van der Waals surface area contributed by atoms with Gasteiger partial charge in [0.2, 0.25) is 0 Å². The topological polar surface area (TPSA) is 64.4 Å². The lowest BCUT2D eigenvalue weighted by molar-refractivity contribution is 0.0680. The van der Waals surface area contributed by atoms with Crippen molar-refractivity contribution in [1.29, 1.82) is 0 Å². The molecule has 0 saturated heterocycles. The van der Waals surface area contributed by atoms with Crippen LogP contribution in [0, 0.1) is 6.92 Å². The van der Waals surface area contributed by atoms with Gasteiger partial charge in [0.05, 0.1) is 6.20 Å². The Morgan fingerprint density at radius 1 is 1.37 bits per heavy atom. The second-order valence-electron chi connectivity index (χ2n) is 4.24. The Morgan fingerprint density at radius 3 is 2.63 bits per heavy atom. The predicted molar refractivity (Wildman–Crippen MR) is 70.4 cm³/mol. The van der Waals surface area contributed by atoms with Crippen LogP contribution in [0.4, 0.5) is 0 Å². The normalized spacial score (nSPS) is 10.4. The van der Waals surface area contributed by atoms with Crippen molar-refractivity contribution in [1.82, 2.24) is 9.78 Å². The molecule has 0 aliphatic heterocycles. The lowest BCUT2D eigenvalue weighted by atomic mass is 10.2. The van der Waals surface area contributed by atoms with E-state index in [-0.39, 0.29) is 12.3 Å². The van der Waals surface area contributed by atoms with Gasteiger partial charge >= 0.3 is 5.97 Å². The summed E-state index contributed by atoms with van der Waals surface area (Å²) in [7, 11) is 0. The van der Waals surface area contributed by atoms with E-state index in [2.05, 4.69) is 5.10 Å². The number of nitrogens with zero attached hydrogens (tertiary/aromatic N) is 2. The second-order valence-corrected chi connectivity index (χ2v) is 4.24. The molecule has 1 N–H and O–H groups in total. The molecule has 0 fully saturated rings. The van der Waals surface area contributed by atoms with Gasteiger partial charge in [0.15, 0.2) is 5.69 Å². The third-order valence-corrected chi connectivity index (χ3v) is 2.83. The Labute approximate surface area is 111 Å². The van der Waals surface area contributed by atoms with Crippen molar-refractivity contribution in [3.63, 3.8) is 0 Å². The molecule has 100 valence electrons. The first-order valence-electron chi connectivity index (χ1n) is 6.09. The minimum Gasteiger partial charge on any atom is -0.489 e. The summed E-state index contributed by atoms with van der Waals surface area (Å²) in [5.74, 6) is -0.270. The molecule has 0 spiro atoms. The quantitative estimate of drug-likeness (QED) is 0.897. The Kier molecular flexibility index (Phi) is 3.85. The Balaban J connectivity index is 2.13. The van der Waals surface area contributed by atoms with Crippen molar-refractivity contribution in [2.75, 3.05) is 0 Å². The molecule has 2 rings (SSSR count). The molecule has 1 aromatic heterocycles. The second kappa shape index (κ2) is 5.56. The van der Waals surface area contributed by atoms with Gasteiger partial charge in [0.25, 0.3) is 0 Å². The third-order valence-electron chi connectivity index (χ3n) is 2.83. The summed E-state index contributed by atoms with van der Waals surface area (Å²) in [5.41, 5.74) is 1.92. The molecule has 0 bridgehead atoms. The highest BCUT2D eigenvalue weighted by Gasteiger charge is 2.17. The van der Waals surface area contributed by atoms with Crippen LogP contribution in [0.2, 0.25) is 0 Å². The number of carboxylic acids is 1. The van der Waals surface area contributed by atoms with E-state index in [0.29, 0.717) is 17.9 Å². The van der Waals surface area contributed by atoms with E-state index >= 15 is 0 Å². The molecule has 5 nitrogen and oxygen atoms in total. The zero-order valence-corrected chi connectivity index (χ0v) is 11.0. The van der Waals surface area contributed by atoms with Crippen LogP contribution in [0.1, 0.15) is 28.5 Å². The van der Waals surface area contributed by atoms with Gasteiger partial charge in [-0.15, -0.1) is 0 Å². The van der Waals surface area contributed by atoms with Gasteiger partial charge in [-0.05, 0) is 26.0 Å². The first-order valence-corrected chi connectivity index (χ1v) is 6.09. The smallest absolute Gasteiger partial charge is 0.354 e. The average molecular weight is 260 g/mol. The molecule has 1 heterocycles. The van der Waals surface area contributed by atoms with Gasteiger partial charge in [0.1, 0.15) is 12.4 Å². The van der Waals surface area contributed by atoms with Crippen LogP contribution in [-0.2, 0) is 13.2 Å². The van der Waals surface area contributed by atoms with E-state index in [4.69, 9.17) is 4.74 Å². The summed E-state index contributed by atoms with van der Waals surface area (Å²) >= 11 is 0. The SMILES string of the molecule is CCn1ncc(COc2ccc(C)cc2)c1C(=O)O. The molecule has 0 saturated carbocycles. The van der Waals surface area contributed by atoms with E-state index in [9.17, 15) is 9.90 Å². The number of rotatable bonds is 5. The maximum absolute atomic E-state index is 11.2. The maximum Gasteiger partial charge on any atom is 0.354 e. The van der Waals surface area contributed by atoms with Crippen molar-refractivity contribution in [2.45, 2.75) is 27.0 Å². The minimum absolute atomic E-state index is 0.189. The average Bonchev–Trinajstić information content (AvgIpc) is 2.81. The zero-order valence-electron chi connectivity index (χ0n) is 11.0. The Morgan fingerprint density at radius 2 is 2.05 bits per heavy atom. The van der Waals surface area contributed by atoms with Crippen molar-refractivity contribution in [3.05, 3.63) is 47.3 Å². The maximum atomic E-state index is 11.2. The van der Waals surface area contributed by atoms with Crippen molar-refractivity contribution >= 4 is 5.97 Å². The molecular formula is C14H16N2O3. The van der Waals surface area contributed by atoms with Crippen LogP contribution in [0.25, 0.3) is 0 Å². The Hall–Kier alpha value is -2.30. The molecule has 0 radical (unpaired) electrons. The van der Waals surface area contributed by atoms with Crippen molar-refractivity contribution in [3.8, 4) is 5.75 Å². The van der Waals surface area contributed by atoms with Crippen LogP contribution in [0.3, 0.4) is 0 Å². The summed E-state index contributed by atoms with van der Waals surface area (Å²) in [6, 6.07) is 7.62. The van der Waals surface area contributed by atoms with E-state index in [1.165, 1.54) is 4.68 Å². The van der Waals surface area contributed by atoms with Gasteiger partial charge in [0, 0.05) is 12.1 Å². The van der Waals surface area contributed by atoms with Gasteiger partial charge in [-0.25, -0.2) is 4.79 Å². The van der Waals surface area contributed by atoms with Crippen molar-refractivity contribution in [2.24, 2.45) is 0 Å². The lowest BCUT2D eigenvalue weighted by Gasteiger charge is -2.06. The number of carbonyl (C=O) groups is 1.